The van der Waals surface area contributed by atoms with E-state index in [9.17, 15) is 19.5 Å². The Labute approximate surface area is 157 Å². The molecule has 0 bridgehead atoms. The van der Waals surface area contributed by atoms with Gasteiger partial charge in [-0.05, 0) is 48.6 Å². The van der Waals surface area contributed by atoms with E-state index < -0.39 is 5.97 Å². The second kappa shape index (κ2) is 8.03. The highest BCUT2D eigenvalue weighted by molar-refractivity contribution is 5.94. The van der Waals surface area contributed by atoms with Gasteiger partial charge in [0.15, 0.2) is 0 Å². The van der Waals surface area contributed by atoms with Crippen molar-refractivity contribution < 1.29 is 19.5 Å². The fourth-order valence-corrected chi connectivity index (χ4v) is 3.26. The van der Waals surface area contributed by atoms with Crippen LogP contribution in [0.1, 0.15) is 52.9 Å². The lowest BCUT2D eigenvalue weighted by molar-refractivity contribution is -0.121. The first-order valence-corrected chi connectivity index (χ1v) is 8.97. The predicted molar refractivity (Wildman–Crippen MR) is 102 cm³/mol. The molecule has 3 rings (SSSR count). The van der Waals surface area contributed by atoms with E-state index in [1.165, 1.54) is 0 Å². The summed E-state index contributed by atoms with van der Waals surface area (Å²) in [5, 5.41) is 15.0. The topological polar surface area (TPSA) is 95.5 Å². The first-order valence-electron chi connectivity index (χ1n) is 8.97. The molecule has 1 heterocycles. The summed E-state index contributed by atoms with van der Waals surface area (Å²) in [5.74, 6) is -1.09. The zero-order chi connectivity index (χ0) is 19.4. The maximum Gasteiger partial charge on any atom is 0.335 e. The summed E-state index contributed by atoms with van der Waals surface area (Å²) in [6, 6.07) is 12.3. The molecule has 2 aromatic carbocycles. The van der Waals surface area contributed by atoms with Crippen LogP contribution in [0.5, 0.6) is 0 Å². The van der Waals surface area contributed by atoms with Gasteiger partial charge in [-0.3, -0.25) is 9.59 Å². The average molecular weight is 366 g/mol. The molecule has 1 aliphatic heterocycles. The molecular weight excluding hydrogens is 344 g/mol. The number of carboxylic acids is 1. The van der Waals surface area contributed by atoms with Gasteiger partial charge in [-0.2, -0.15) is 0 Å². The fourth-order valence-electron chi connectivity index (χ4n) is 3.26. The second-order valence-electron chi connectivity index (χ2n) is 6.72. The minimum absolute atomic E-state index is 0.0262. The van der Waals surface area contributed by atoms with E-state index in [0.717, 1.165) is 16.8 Å². The third-order valence-electron chi connectivity index (χ3n) is 4.77. The SMILES string of the molecule is CC(NC(=O)CCc1ccccc1C(=O)O)c1ccc2c(c1)CCC(=O)N2. The van der Waals surface area contributed by atoms with Crippen LogP contribution >= 0.6 is 0 Å². The largest absolute Gasteiger partial charge is 0.478 e. The molecular formula is C21H22N2O4. The van der Waals surface area contributed by atoms with E-state index in [4.69, 9.17) is 0 Å². The van der Waals surface area contributed by atoms with Gasteiger partial charge in [-0.25, -0.2) is 4.79 Å². The zero-order valence-corrected chi connectivity index (χ0v) is 15.1. The van der Waals surface area contributed by atoms with Crippen molar-refractivity contribution in [1.82, 2.24) is 5.32 Å². The highest BCUT2D eigenvalue weighted by atomic mass is 16.4. The van der Waals surface area contributed by atoms with Crippen LogP contribution < -0.4 is 10.6 Å². The van der Waals surface area contributed by atoms with Crippen molar-refractivity contribution in [2.45, 2.75) is 38.6 Å². The smallest absolute Gasteiger partial charge is 0.335 e. The molecule has 0 saturated heterocycles. The first kappa shape index (κ1) is 18.6. The van der Waals surface area contributed by atoms with Gasteiger partial charge in [0.2, 0.25) is 11.8 Å². The van der Waals surface area contributed by atoms with Crippen LogP contribution in [0.3, 0.4) is 0 Å². The summed E-state index contributed by atoms with van der Waals surface area (Å²) in [7, 11) is 0. The predicted octanol–water partition coefficient (Wildman–Crippen LogP) is 3.08. The molecule has 0 fully saturated rings. The van der Waals surface area contributed by atoms with Crippen LogP contribution in [0.4, 0.5) is 5.69 Å². The van der Waals surface area contributed by atoms with Crippen LogP contribution in [0.25, 0.3) is 0 Å². The molecule has 1 unspecified atom stereocenters. The Hall–Kier alpha value is -3.15. The van der Waals surface area contributed by atoms with Gasteiger partial charge in [-0.1, -0.05) is 30.3 Å². The summed E-state index contributed by atoms with van der Waals surface area (Å²) in [6.07, 6.45) is 1.76. The van der Waals surface area contributed by atoms with E-state index in [-0.39, 0.29) is 29.8 Å². The van der Waals surface area contributed by atoms with Crippen molar-refractivity contribution in [1.29, 1.82) is 0 Å². The number of fused-ring (bicyclic) bond motifs is 1. The lowest BCUT2D eigenvalue weighted by atomic mass is 9.97. The molecule has 0 saturated carbocycles. The molecule has 2 aromatic rings. The number of rotatable bonds is 6. The maximum absolute atomic E-state index is 12.3. The number of aryl methyl sites for hydroxylation is 2. The number of carboxylic acid groups (broad SMARTS) is 1. The molecule has 0 aromatic heterocycles. The van der Waals surface area contributed by atoms with Crippen molar-refractivity contribution >= 4 is 23.5 Å². The molecule has 0 radical (unpaired) electrons. The lowest BCUT2D eigenvalue weighted by Crippen LogP contribution is -2.27. The van der Waals surface area contributed by atoms with E-state index in [1.54, 1.807) is 24.3 Å². The van der Waals surface area contributed by atoms with Crippen molar-refractivity contribution in [3.05, 3.63) is 64.7 Å². The number of carbonyl (C=O) groups is 3. The minimum atomic E-state index is -0.986. The van der Waals surface area contributed by atoms with Crippen molar-refractivity contribution in [2.24, 2.45) is 0 Å². The fraction of sp³-hybridized carbons (Fsp3) is 0.286. The number of benzene rings is 2. The molecule has 6 heteroatoms. The van der Waals surface area contributed by atoms with Crippen molar-refractivity contribution in [3.8, 4) is 0 Å². The summed E-state index contributed by atoms with van der Waals surface area (Å²) in [4.78, 5) is 35.0. The highest BCUT2D eigenvalue weighted by Gasteiger charge is 2.17. The normalized spacial score (nSPS) is 14.0. The Morgan fingerprint density at radius 2 is 1.96 bits per heavy atom. The highest BCUT2D eigenvalue weighted by Crippen LogP contribution is 2.26. The van der Waals surface area contributed by atoms with Crippen LogP contribution in [0, 0.1) is 0 Å². The Morgan fingerprint density at radius 1 is 1.19 bits per heavy atom. The summed E-state index contributed by atoms with van der Waals surface area (Å²) in [5.41, 5.74) is 3.76. The van der Waals surface area contributed by atoms with Crippen LogP contribution in [0.2, 0.25) is 0 Å². The number of aromatic carboxylic acids is 1. The van der Waals surface area contributed by atoms with Gasteiger partial charge in [0.05, 0.1) is 11.6 Å². The molecule has 6 nitrogen and oxygen atoms in total. The van der Waals surface area contributed by atoms with Crippen LogP contribution in [-0.4, -0.2) is 22.9 Å². The van der Waals surface area contributed by atoms with Gasteiger partial charge < -0.3 is 15.7 Å². The standard InChI is InChI=1S/C21H22N2O4/c1-13(15-6-9-18-16(12-15)8-11-20(25)23-18)22-19(24)10-7-14-4-2-3-5-17(14)21(26)27/h2-6,9,12-13H,7-8,10-11H2,1H3,(H,22,24)(H,23,25)(H,26,27). The summed E-state index contributed by atoms with van der Waals surface area (Å²) in [6.45, 7) is 1.91. The van der Waals surface area contributed by atoms with E-state index in [1.807, 2.05) is 25.1 Å². The first-order chi connectivity index (χ1) is 12.9. The Morgan fingerprint density at radius 3 is 2.74 bits per heavy atom. The van der Waals surface area contributed by atoms with Gasteiger partial charge >= 0.3 is 5.97 Å². The molecule has 140 valence electrons. The molecule has 3 N–H and O–H groups in total. The zero-order valence-electron chi connectivity index (χ0n) is 15.1. The number of hydrogen-bond donors (Lipinski definition) is 3. The summed E-state index contributed by atoms with van der Waals surface area (Å²) < 4.78 is 0. The second-order valence-corrected chi connectivity index (χ2v) is 6.72. The van der Waals surface area contributed by atoms with Gasteiger partial charge in [0.25, 0.3) is 0 Å². The third kappa shape index (κ3) is 4.53. The molecule has 0 spiro atoms. The number of carbonyl (C=O) groups excluding carboxylic acids is 2. The Balaban J connectivity index is 1.60. The van der Waals surface area contributed by atoms with Crippen LogP contribution in [0.15, 0.2) is 42.5 Å². The van der Waals surface area contributed by atoms with Gasteiger partial charge in [0.1, 0.15) is 0 Å². The number of anilines is 1. The van der Waals surface area contributed by atoms with Crippen LogP contribution in [-0.2, 0) is 22.4 Å². The lowest BCUT2D eigenvalue weighted by Gasteiger charge is -2.20. The number of nitrogens with one attached hydrogen (secondary N) is 2. The molecule has 0 aliphatic carbocycles. The molecule has 1 atom stereocenters. The monoisotopic (exact) mass is 366 g/mol. The number of hydrogen-bond acceptors (Lipinski definition) is 3. The minimum Gasteiger partial charge on any atom is -0.478 e. The Bertz CT molecular complexity index is 892. The number of amides is 2. The molecule has 1 aliphatic rings. The van der Waals surface area contributed by atoms with Crippen molar-refractivity contribution in [3.63, 3.8) is 0 Å². The van der Waals surface area contributed by atoms with Gasteiger partial charge in [0, 0.05) is 18.5 Å². The molecule has 27 heavy (non-hydrogen) atoms. The van der Waals surface area contributed by atoms with E-state index in [0.29, 0.717) is 24.8 Å². The van der Waals surface area contributed by atoms with E-state index in [2.05, 4.69) is 10.6 Å². The maximum atomic E-state index is 12.3. The summed E-state index contributed by atoms with van der Waals surface area (Å²) >= 11 is 0. The van der Waals surface area contributed by atoms with E-state index >= 15 is 0 Å². The Kier molecular flexibility index (Phi) is 5.54. The average Bonchev–Trinajstić information content (AvgIpc) is 2.66. The quantitative estimate of drug-likeness (QED) is 0.732. The van der Waals surface area contributed by atoms with Gasteiger partial charge in [-0.15, -0.1) is 0 Å². The van der Waals surface area contributed by atoms with Crippen molar-refractivity contribution in [2.75, 3.05) is 5.32 Å². The molecule has 2 amide bonds. The third-order valence-corrected chi connectivity index (χ3v) is 4.77.